The lowest BCUT2D eigenvalue weighted by atomic mass is 10.1. The van der Waals surface area contributed by atoms with Gasteiger partial charge in [-0.25, -0.2) is 16.8 Å². The van der Waals surface area contributed by atoms with E-state index >= 15 is 0 Å². The zero-order chi connectivity index (χ0) is 32.9. The van der Waals surface area contributed by atoms with Gasteiger partial charge in [0, 0.05) is 80.3 Å². The largest absolute Gasteiger partial charge is 0.369 e. The molecule has 0 aromatic heterocycles. The maximum absolute atomic E-state index is 13.4. The van der Waals surface area contributed by atoms with Gasteiger partial charge in [0.1, 0.15) is 0 Å². The van der Waals surface area contributed by atoms with Crippen LogP contribution in [0.15, 0.2) is 65.6 Å². The fourth-order valence-electron chi connectivity index (χ4n) is 4.82. The van der Waals surface area contributed by atoms with Crippen LogP contribution < -0.4 is 31.3 Å². The van der Waals surface area contributed by atoms with Gasteiger partial charge in [-0.2, -0.15) is 4.31 Å². The molecule has 45 heavy (non-hydrogen) atoms. The van der Waals surface area contributed by atoms with Gasteiger partial charge in [-0.1, -0.05) is 29.3 Å². The molecular weight excluding hydrogens is 661 g/mol. The smallest absolute Gasteiger partial charge is 0.257 e. The van der Waals surface area contributed by atoms with E-state index < -0.39 is 26.0 Å². The quantitative estimate of drug-likeness (QED) is 0.222. The van der Waals surface area contributed by atoms with E-state index in [-0.39, 0.29) is 35.3 Å². The van der Waals surface area contributed by atoms with Crippen LogP contribution in [-0.4, -0.2) is 85.7 Å². The number of carbonyl (C=O) groups excluding carboxylic acids is 1. The summed E-state index contributed by atoms with van der Waals surface area (Å²) in [4.78, 5) is 15.6. The molecule has 0 bridgehead atoms. The molecule has 1 heterocycles. The predicted molar refractivity (Wildman–Crippen MR) is 180 cm³/mol. The number of sulfonamides is 2. The van der Waals surface area contributed by atoms with Crippen molar-refractivity contribution >= 4 is 66.2 Å². The van der Waals surface area contributed by atoms with E-state index in [4.69, 9.17) is 34.7 Å². The molecule has 4 rings (SSSR count). The van der Waals surface area contributed by atoms with Crippen LogP contribution in [0.1, 0.15) is 15.9 Å². The Morgan fingerprint density at radius 2 is 1.51 bits per heavy atom. The minimum atomic E-state index is -3.80. The number of halogens is 2. The average Bonchev–Trinajstić information content (AvgIpc) is 3.00. The third-order valence-electron chi connectivity index (χ3n) is 7.51. The number of amides is 1. The summed E-state index contributed by atoms with van der Waals surface area (Å²) in [5.74, 6) is -0.565. The van der Waals surface area contributed by atoms with Gasteiger partial charge in [0.05, 0.1) is 22.4 Å². The summed E-state index contributed by atoms with van der Waals surface area (Å²) in [6.07, 6.45) is 1.04. The minimum Gasteiger partial charge on any atom is -0.369 e. The SMILES string of the molecule is CN(c1ccc(CNC(CN)CN)cc1C(=O)Nc1ccc(S(=O)(=O)N2CCN(c3cc(Cl)cc(Cl)c3)CC2)cc1)S(C)(=O)=O. The van der Waals surface area contributed by atoms with Gasteiger partial charge in [-0.05, 0) is 60.2 Å². The number of rotatable bonds is 12. The molecule has 0 atom stereocenters. The fourth-order valence-corrected chi connectivity index (χ4v) is 7.27. The molecule has 16 heteroatoms. The van der Waals surface area contributed by atoms with E-state index in [2.05, 4.69) is 10.6 Å². The Kier molecular flexibility index (Phi) is 11.4. The van der Waals surface area contributed by atoms with E-state index in [0.717, 1.165) is 21.8 Å². The second-order valence-corrected chi connectivity index (χ2v) is 15.5. The number of nitrogens with two attached hydrogens (primary N) is 2. The molecule has 0 aliphatic carbocycles. The number of benzene rings is 3. The summed E-state index contributed by atoms with van der Waals surface area (Å²) in [6.45, 7) is 2.48. The van der Waals surface area contributed by atoms with Gasteiger partial charge in [0.15, 0.2) is 0 Å². The number of anilines is 3. The number of nitrogens with zero attached hydrogens (tertiary/aromatic N) is 3. The van der Waals surface area contributed by atoms with Crippen molar-refractivity contribution in [2.24, 2.45) is 11.5 Å². The molecule has 1 aliphatic rings. The van der Waals surface area contributed by atoms with Crippen LogP contribution in [0, 0.1) is 0 Å². The predicted octanol–water partition coefficient (Wildman–Crippen LogP) is 2.53. The van der Waals surface area contributed by atoms with Gasteiger partial charge < -0.3 is 27.0 Å². The van der Waals surface area contributed by atoms with Crippen LogP contribution in [0.25, 0.3) is 0 Å². The molecule has 1 aliphatic heterocycles. The molecule has 3 aromatic rings. The van der Waals surface area contributed by atoms with Crippen molar-refractivity contribution in [1.82, 2.24) is 9.62 Å². The standard InChI is InChI=1S/C29H37Cl2N7O5S2/c1-36(44(2,40)41)28-8-3-20(19-34-24(17-32)18-33)13-27(28)29(39)35-23-4-6-26(7-5-23)45(42,43)38-11-9-37(10-12-38)25-15-21(30)14-22(31)16-25/h3-8,13-16,24,34H,9-12,17-19,32-33H2,1-2H3,(H,35,39). The molecule has 244 valence electrons. The Labute approximate surface area is 274 Å². The highest BCUT2D eigenvalue weighted by atomic mass is 35.5. The van der Waals surface area contributed by atoms with E-state index in [1.54, 1.807) is 36.4 Å². The number of nitrogens with one attached hydrogen (secondary N) is 2. The van der Waals surface area contributed by atoms with E-state index in [0.29, 0.717) is 48.5 Å². The van der Waals surface area contributed by atoms with Gasteiger partial charge in [-0.15, -0.1) is 0 Å². The highest BCUT2D eigenvalue weighted by Crippen LogP contribution is 2.28. The summed E-state index contributed by atoms with van der Waals surface area (Å²) in [7, 11) is -6.10. The van der Waals surface area contributed by atoms with Crippen LogP contribution in [0.2, 0.25) is 10.0 Å². The first kappa shape index (κ1) is 34.9. The normalized spacial score (nSPS) is 14.5. The minimum absolute atomic E-state index is 0.0830. The first-order valence-corrected chi connectivity index (χ1v) is 18.1. The van der Waals surface area contributed by atoms with Crippen LogP contribution in [0.5, 0.6) is 0 Å². The molecule has 12 nitrogen and oxygen atoms in total. The van der Waals surface area contributed by atoms with Crippen LogP contribution in [0.4, 0.5) is 17.1 Å². The molecular formula is C29H37Cl2N7O5S2. The third-order valence-corrected chi connectivity index (χ3v) is 11.0. The van der Waals surface area contributed by atoms with Crippen LogP contribution in [-0.2, 0) is 26.6 Å². The van der Waals surface area contributed by atoms with Crippen molar-refractivity contribution in [2.75, 3.05) is 67.1 Å². The zero-order valence-electron chi connectivity index (χ0n) is 24.9. The van der Waals surface area contributed by atoms with E-state index in [9.17, 15) is 21.6 Å². The summed E-state index contributed by atoms with van der Waals surface area (Å²) in [5.41, 5.74) is 13.6. The van der Waals surface area contributed by atoms with Crippen molar-refractivity contribution in [3.63, 3.8) is 0 Å². The van der Waals surface area contributed by atoms with Crippen molar-refractivity contribution in [1.29, 1.82) is 0 Å². The summed E-state index contributed by atoms with van der Waals surface area (Å²) in [6, 6.07) is 15.8. The second-order valence-electron chi connectivity index (χ2n) is 10.6. The number of piperazine rings is 1. The number of hydrogen-bond donors (Lipinski definition) is 4. The van der Waals surface area contributed by atoms with Crippen molar-refractivity contribution in [3.8, 4) is 0 Å². The van der Waals surface area contributed by atoms with Crippen molar-refractivity contribution < 1.29 is 21.6 Å². The molecule has 0 spiro atoms. The Morgan fingerprint density at radius 3 is 2.07 bits per heavy atom. The maximum atomic E-state index is 13.4. The Hall–Kier alpha value is -2.95. The highest BCUT2D eigenvalue weighted by Gasteiger charge is 2.29. The van der Waals surface area contributed by atoms with Crippen LogP contribution >= 0.6 is 23.2 Å². The molecule has 1 amide bonds. The molecule has 0 saturated carbocycles. The van der Waals surface area contributed by atoms with Gasteiger partial charge in [0.2, 0.25) is 20.0 Å². The molecule has 6 N–H and O–H groups in total. The lowest BCUT2D eigenvalue weighted by molar-refractivity contribution is 0.102. The zero-order valence-corrected chi connectivity index (χ0v) is 28.1. The third kappa shape index (κ3) is 8.65. The molecule has 0 unspecified atom stereocenters. The van der Waals surface area contributed by atoms with Crippen molar-refractivity contribution in [2.45, 2.75) is 17.5 Å². The van der Waals surface area contributed by atoms with Gasteiger partial charge >= 0.3 is 0 Å². The Balaban J connectivity index is 1.48. The molecule has 1 saturated heterocycles. The molecule has 1 fully saturated rings. The van der Waals surface area contributed by atoms with Gasteiger partial charge in [0.25, 0.3) is 5.91 Å². The Bertz CT molecular complexity index is 1710. The van der Waals surface area contributed by atoms with Crippen molar-refractivity contribution in [3.05, 3.63) is 81.8 Å². The lowest BCUT2D eigenvalue weighted by Gasteiger charge is -2.35. The molecule has 3 aromatic carbocycles. The number of hydrogen-bond acceptors (Lipinski definition) is 9. The molecule has 0 radical (unpaired) electrons. The topological polar surface area (TPSA) is 171 Å². The fraction of sp³-hybridized carbons (Fsp3) is 0.345. The second kappa shape index (κ2) is 14.6. The first-order chi connectivity index (χ1) is 21.2. The first-order valence-electron chi connectivity index (χ1n) is 14.1. The Morgan fingerprint density at radius 1 is 0.911 bits per heavy atom. The summed E-state index contributed by atoms with van der Waals surface area (Å²) in [5, 5.41) is 6.97. The number of carbonyl (C=O) groups is 1. The lowest BCUT2D eigenvalue weighted by Crippen LogP contribution is -2.48. The monoisotopic (exact) mass is 697 g/mol. The van der Waals surface area contributed by atoms with Crippen LogP contribution in [0.3, 0.4) is 0 Å². The maximum Gasteiger partial charge on any atom is 0.257 e. The highest BCUT2D eigenvalue weighted by molar-refractivity contribution is 7.92. The summed E-state index contributed by atoms with van der Waals surface area (Å²) < 4.78 is 53.8. The van der Waals surface area contributed by atoms with Gasteiger partial charge in [-0.3, -0.25) is 9.10 Å². The average molecular weight is 699 g/mol. The summed E-state index contributed by atoms with van der Waals surface area (Å²) >= 11 is 12.3. The van der Waals surface area contributed by atoms with E-state index in [1.807, 2.05) is 4.90 Å². The van der Waals surface area contributed by atoms with E-state index in [1.165, 1.54) is 35.6 Å².